The van der Waals surface area contributed by atoms with E-state index < -0.39 is 0 Å². The number of hydrogen-bond acceptors (Lipinski definition) is 4. The van der Waals surface area contributed by atoms with Crippen molar-refractivity contribution >= 4 is 11.9 Å². The van der Waals surface area contributed by atoms with Gasteiger partial charge >= 0.3 is 6.09 Å². The van der Waals surface area contributed by atoms with Crippen molar-refractivity contribution in [3.8, 4) is 0 Å². The Labute approximate surface area is 117 Å². The molecule has 108 valence electrons. The minimum Gasteiger partial charge on any atom is -0.445 e. The molecule has 0 radical (unpaired) electrons. The molecular formula is C14H19N3O3. The molecule has 1 aromatic rings. The summed E-state index contributed by atoms with van der Waals surface area (Å²) < 4.78 is 5.27. The molecule has 0 saturated carbocycles. The first-order chi connectivity index (χ1) is 9.69. The minimum atomic E-state index is -0.309. The number of rotatable bonds is 4. The molecule has 1 amide bonds. The maximum absolute atomic E-state index is 11.9. The number of amides is 1. The van der Waals surface area contributed by atoms with E-state index in [1.807, 2.05) is 30.3 Å². The van der Waals surface area contributed by atoms with Gasteiger partial charge in [0.2, 0.25) is 0 Å². The number of likely N-dealkylation sites (tertiary alicyclic amines) is 1. The van der Waals surface area contributed by atoms with Gasteiger partial charge in [0.25, 0.3) is 0 Å². The second-order valence-corrected chi connectivity index (χ2v) is 4.94. The molecular weight excluding hydrogens is 258 g/mol. The summed E-state index contributed by atoms with van der Waals surface area (Å²) in [4.78, 5) is 13.6. The molecule has 1 aliphatic rings. The van der Waals surface area contributed by atoms with Gasteiger partial charge in [-0.2, -0.15) is 0 Å². The van der Waals surface area contributed by atoms with E-state index in [0.717, 1.165) is 12.0 Å². The summed E-state index contributed by atoms with van der Waals surface area (Å²) in [5.41, 5.74) is 6.44. The van der Waals surface area contributed by atoms with Crippen molar-refractivity contribution in [3.05, 3.63) is 35.9 Å². The molecule has 1 heterocycles. The maximum Gasteiger partial charge on any atom is 0.410 e. The number of carbonyl (C=O) groups is 1. The maximum atomic E-state index is 11.9. The molecule has 0 aromatic heterocycles. The molecule has 3 N–H and O–H groups in total. The normalized spacial score (nSPS) is 19.1. The lowest BCUT2D eigenvalue weighted by Gasteiger charge is -2.16. The Bertz CT molecular complexity index is 476. The van der Waals surface area contributed by atoms with Crippen LogP contribution in [0.25, 0.3) is 0 Å². The smallest absolute Gasteiger partial charge is 0.410 e. The monoisotopic (exact) mass is 277 g/mol. The average molecular weight is 277 g/mol. The van der Waals surface area contributed by atoms with Crippen molar-refractivity contribution in [2.24, 2.45) is 16.8 Å². The quantitative estimate of drug-likeness (QED) is 0.380. The van der Waals surface area contributed by atoms with E-state index in [-0.39, 0.29) is 24.5 Å². The van der Waals surface area contributed by atoms with Gasteiger partial charge in [-0.1, -0.05) is 35.5 Å². The number of oxime groups is 1. The summed E-state index contributed by atoms with van der Waals surface area (Å²) in [6, 6.07) is 9.57. The number of hydrogen-bond donors (Lipinski definition) is 2. The highest BCUT2D eigenvalue weighted by Crippen LogP contribution is 2.20. The third kappa shape index (κ3) is 3.88. The van der Waals surface area contributed by atoms with Crippen LogP contribution >= 0.6 is 0 Å². The van der Waals surface area contributed by atoms with Crippen LogP contribution < -0.4 is 5.73 Å². The highest BCUT2D eigenvalue weighted by molar-refractivity contribution is 5.80. The molecule has 1 aliphatic heterocycles. The zero-order chi connectivity index (χ0) is 14.4. The SMILES string of the molecule is N/C(CC1CCN(C(=O)OCc2ccccc2)C1)=N/O. The van der Waals surface area contributed by atoms with Crippen molar-refractivity contribution in [1.82, 2.24) is 4.90 Å². The number of nitrogens with two attached hydrogens (primary N) is 1. The predicted molar refractivity (Wildman–Crippen MR) is 74.3 cm³/mol. The van der Waals surface area contributed by atoms with Gasteiger partial charge in [0, 0.05) is 19.5 Å². The zero-order valence-electron chi connectivity index (χ0n) is 11.2. The van der Waals surface area contributed by atoms with Crippen LogP contribution in [0.3, 0.4) is 0 Å². The number of nitrogens with zero attached hydrogens (tertiary/aromatic N) is 2. The van der Waals surface area contributed by atoms with E-state index in [1.54, 1.807) is 4.90 Å². The van der Waals surface area contributed by atoms with Gasteiger partial charge < -0.3 is 20.6 Å². The lowest BCUT2D eigenvalue weighted by molar-refractivity contribution is 0.103. The fraction of sp³-hybridized carbons (Fsp3) is 0.429. The molecule has 0 bridgehead atoms. The summed E-state index contributed by atoms with van der Waals surface area (Å²) >= 11 is 0. The standard InChI is InChI=1S/C14H19N3O3/c15-13(16-19)8-12-6-7-17(9-12)14(18)20-10-11-4-2-1-3-5-11/h1-5,12,19H,6-10H2,(H2,15,16). The number of amidine groups is 1. The first-order valence-electron chi connectivity index (χ1n) is 6.61. The fourth-order valence-electron chi connectivity index (χ4n) is 2.31. The van der Waals surface area contributed by atoms with Gasteiger partial charge in [0.1, 0.15) is 12.4 Å². The molecule has 20 heavy (non-hydrogen) atoms. The van der Waals surface area contributed by atoms with Crippen LogP contribution in [0.15, 0.2) is 35.5 Å². The number of benzene rings is 1. The van der Waals surface area contributed by atoms with E-state index in [2.05, 4.69) is 5.16 Å². The van der Waals surface area contributed by atoms with Crippen molar-refractivity contribution in [2.45, 2.75) is 19.4 Å². The van der Waals surface area contributed by atoms with Crippen LogP contribution in [-0.2, 0) is 11.3 Å². The second-order valence-electron chi connectivity index (χ2n) is 4.94. The van der Waals surface area contributed by atoms with E-state index >= 15 is 0 Å². The fourth-order valence-corrected chi connectivity index (χ4v) is 2.31. The molecule has 2 rings (SSSR count). The van der Waals surface area contributed by atoms with Crippen LogP contribution in [0.2, 0.25) is 0 Å². The molecule has 6 nitrogen and oxygen atoms in total. The highest BCUT2D eigenvalue weighted by Gasteiger charge is 2.27. The predicted octanol–water partition coefficient (Wildman–Crippen LogP) is 1.78. The summed E-state index contributed by atoms with van der Waals surface area (Å²) in [6.07, 6.45) is 1.03. The van der Waals surface area contributed by atoms with Crippen LogP contribution in [0.1, 0.15) is 18.4 Å². The Morgan fingerprint density at radius 3 is 2.90 bits per heavy atom. The topological polar surface area (TPSA) is 88.2 Å². The van der Waals surface area contributed by atoms with Gasteiger partial charge in [-0.05, 0) is 17.9 Å². The van der Waals surface area contributed by atoms with Gasteiger partial charge in [-0.15, -0.1) is 0 Å². The summed E-state index contributed by atoms with van der Waals surface area (Å²) in [6.45, 7) is 1.52. The van der Waals surface area contributed by atoms with Crippen LogP contribution in [-0.4, -0.2) is 35.1 Å². The molecule has 0 aliphatic carbocycles. The lowest BCUT2D eigenvalue weighted by Crippen LogP contribution is -2.30. The lowest BCUT2D eigenvalue weighted by atomic mass is 10.0. The highest BCUT2D eigenvalue weighted by atomic mass is 16.6. The van der Waals surface area contributed by atoms with Gasteiger partial charge in [0.15, 0.2) is 0 Å². The van der Waals surface area contributed by atoms with Crippen LogP contribution in [0.5, 0.6) is 0 Å². The summed E-state index contributed by atoms with van der Waals surface area (Å²) in [5, 5.41) is 11.5. The van der Waals surface area contributed by atoms with Crippen molar-refractivity contribution in [1.29, 1.82) is 0 Å². The van der Waals surface area contributed by atoms with E-state index in [4.69, 9.17) is 15.7 Å². The van der Waals surface area contributed by atoms with Crippen molar-refractivity contribution in [3.63, 3.8) is 0 Å². The van der Waals surface area contributed by atoms with E-state index in [0.29, 0.717) is 19.5 Å². The van der Waals surface area contributed by atoms with Gasteiger partial charge in [-0.3, -0.25) is 0 Å². The summed E-state index contributed by atoms with van der Waals surface area (Å²) in [5.74, 6) is 0.435. The first-order valence-corrected chi connectivity index (χ1v) is 6.61. The Morgan fingerprint density at radius 2 is 2.20 bits per heavy atom. The average Bonchev–Trinajstić information content (AvgIpc) is 2.94. The Balaban J connectivity index is 1.77. The van der Waals surface area contributed by atoms with Crippen LogP contribution in [0.4, 0.5) is 4.79 Å². The minimum absolute atomic E-state index is 0.203. The Morgan fingerprint density at radius 1 is 1.45 bits per heavy atom. The molecule has 0 spiro atoms. The largest absolute Gasteiger partial charge is 0.445 e. The van der Waals surface area contributed by atoms with E-state index in [9.17, 15) is 4.79 Å². The van der Waals surface area contributed by atoms with Gasteiger partial charge in [0.05, 0.1) is 0 Å². The second kappa shape index (κ2) is 6.79. The Hall–Kier alpha value is -2.24. The number of ether oxygens (including phenoxy) is 1. The third-order valence-electron chi connectivity index (χ3n) is 3.38. The third-order valence-corrected chi connectivity index (χ3v) is 3.38. The van der Waals surface area contributed by atoms with Gasteiger partial charge in [-0.25, -0.2) is 4.79 Å². The summed E-state index contributed by atoms with van der Waals surface area (Å²) in [7, 11) is 0. The van der Waals surface area contributed by atoms with Crippen molar-refractivity contribution in [2.75, 3.05) is 13.1 Å². The molecule has 1 saturated heterocycles. The molecule has 1 aromatic carbocycles. The zero-order valence-corrected chi connectivity index (χ0v) is 11.2. The molecule has 1 fully saturated rings. The molecule has 1 unspecified atom stereocenters. The van der Waals surface area contributed by atoms with Crippen molar-refractivity contribution < 1.29 is 14.7 Å². The molecule has 1 atom stereocenters. The Kier molecular flexibility index (Phi) is 4.81. The van der Waals surface area contributed by atoms with Crippen LogP contribution in [0, 0.1) is 5.92 Å². The first kappa shape index (κ1) is 14.2. The van der Waals surface area contributed by atoms with E-state index in [1.165, 1.54) is 0 Å². The number of carbonyl (C=O) groups excluding carboxylic acids is 1. The molecule has 6 heteroatoms.